The van der Waals surface area contributed by atoms with Crippen molar-refractivity contribution in [3.8, 4) is 0 Å². The third-order valence-electron chi connectivity index (χ3n) is 4.40. The van der Waals surface area contributed by atoms with Crippen LogP contribution < -0.4 is 5.32 Å². The second kappa shape index (κ2) is 6.46. The summed E-state index contributed by atoms with van der Waals surface area (Å²) in [5, 5.41) is 5.09. The van der Waals surface area contributed by atoms with Crippen LogP contribution in [0.3, 0.4) is 0 Å². The van der Waals surface area contributed by atoms with Crippen LogP contribution in [0.5, 0.6) is 0 Å². The maximum absolute atomic E-state index is 13.1. The van der Waals surface area contributed by atoms with Gasteiger partial charge in [0.2, 0.25) is 5.91 Å². The molecule has 0 bridgehead atoms. The number of carbonyl (C=O) groups excluding carboxylic acids is 1. The smallest absolute Gasteiger partial charge is 0.418 e. The van der Waals surface area contributed by atoms with Gasteiger partial charge in [-0.1, -0.05) is 42.5 Å². The second-order valence-electron chi connectivity index (χ2n) is 6.19. The molecule has 0 aliphatic rings. The normalized spacial score (nSPS) is 11.8. The van der Waals surface area contributed by atoms with Crippen LogP contribution in [0.1, 0.15) is 11.1 Å². The first-order chi connectivity index (χ1) is 12.9. The average Bonchev–Trinajstić information content (AvgIpc) is 3.04. The molecule has 0 unspecified atom stereocenters. The number of alkyl halides is 3. The monoisotopic (exact) mass is 369 g/mol. The van der Waals surface area contributed by atoms with Crippen LogP contribution in [0.2, 0.25) is 0 Å². The molecule has 4 aromatic rings. The summed E-state index contributed by atoms with van der Waals surface area (Å²) in [5.74, 6) is -0.540. The molecule has 0 radical (unpaired) electrons. The van der Waals surface area contributed by atoms with E-state index < -0.39 is 17.6 Å². The molecule has 3 nitrogen and oxygen atoms in total. The summed E-state index contributed by atoms with van der Waals surface area (Å²) in [6, 6.07) is 16.3. The fourth-order valence-electron chi connectivity index (χ4n) is 3.21. The lowest BCUT2D eigenvalue weighted by atomic mass is 10.0. The molecule has 0 spiro atoms. The number of para-hydroxylation sites is 1. The van der Waals surface area contributed by atoms with Crippen molar-refractivity contribution in [2.75, 3.05) is 5.32 Å². The summed E-state index contributed by atoms with van der Waals surface area (Å²) < 4.78 is 44.8. The van der Waals surface area contributed by atoms with E-state index in [0.717, 1.165) is 22.2 Å². The van der Waals surface area contributed by atoms with Crippen molar-refractivity contribution >= 4 is 33.3 Å². The van der Waals surface area contributed by atoms with Gasteiger partial charge in [-0.25, -0.2) is 0 Å². The Hall–Kier alpha value is -3.28. The maximum Gasteiger partial charge on any atom is 0.418 e. The number of hydrogen-bond acceptors (Lipinski definition) is 2. The molecule has 4 rings (SSSR count). The lowest BCUT2D eigenvalue weighted by Crippen LogP contribution is -2.18. The average molecular weight is 369 g/mol. The lowest BCUT2D eigenvalue weighted by Gasteiger charge is -2.13. The number of carbonyl (C=O) groups is 1. The second-order valence-corrected chi connectivity index (χ2v) is 6.19. The summed E-state index contributed by atoms with van der Waals surface area (Å²) in [7, 11) is 0. The van der Waals surface area contributed by atoms with E-state index in [2.05, 4.69) is 5.32 Å². The van der Waals surface area contributed by atoms with E-state index in [1.54, 1.807) is 0 Å². The van der Waals surface area contributed by atoms with Crippen LogP contribution in [-0.4, -0.2) is 5.91 Å². The van der Waals surface area contributed by atoms with Crippen LogP contribution in [0.4, 0.5) is 18.9 Å². The Labute approximate surface area is 152 Å². The topological polar surface area (TPSA) is 42.2 Å². The van der Waals surface area contributed by atoms with Crippen LogP contribution in [0.25, 0.3) is 21.7 Å². The van der Waals surface area contributed by atoms with E-state index in [1.807, 2.05) is 36.4 Å². The predicted octanol–water partition coefficient (Wildman–Crippen LogP) is 5.79. The van der Waals surface area contributed by atoms with Gasteiger partial charge in [-0.15, -0.1) is 0 Å². The van der Waals surface area contributed by atoms with Gasteiger partial charge in [0.25, 0.3) is 0 Å². The Morgan fingerprint density at radius 3 is 2.52 bits per heavy atom. The van der Waals surface area contributed by atoms with E-state index in [1.165, 1.54) is 24.5 Å². The van der Waals surface area contributed by atoms with Crippen molar-refractivity contribution in [1.82, 2.24) is 0 Å². The standard InChI is InChI=1S/C21H14F3NO2/c22-21(23,24)16-7-3-4-8-17(16)25-19(26)11-14-12-27-18-10-9-13-5-1-2-6-15(13)20(14)18/h1-10,12H,11H2,(H,25,26). The molecule has 0 atom stereocenters. The first-order valence-corrected chi connectivity index (χ1v) is 8.27. The minimum absolute atomic E-state index is 0.0901. The van der Waals surface area contributed by atoms with Crippen LogP contribution in [0.15, 0.2) is 71.3 Å². The van der Waals surface area contributed by atoms with Gasteiger partial charge in [-0.3, -0.25) is 4.79 Å². The van der Waals surface area contributed by atoms with E-state index in [9.17, 15) is 18.0 Å². The number of nitrogens with one attached hydrogen (secondary N) is 1. The van der Waals surface area contributed by atoms with Gasteiger partial charge in [-0.2, -0.15) is 13.2 Å². The number of benzene rings is 3. The highest BCUT2D eigenvalue weighted by Gasteiger charge is 2.33. The quantitative estimate of drug-likeness (QED) is 0.497. The minimum Gasteiger partial charge on any atom is -0.464 e. The molecule has 0 saturated carbocycles. The highest BCUT2D eigenvalue weighted by atomic mass is 19.4. The highest BCUT2D eigenvalue weighted by molar-refractivity contribution is 6.09. The van der Waals surface area contributed by atoms with Crippen LogP contribution in [-0.2, 0) is 17.4 Å². The summed E-state index contributed by atoms with van der Waals surface area (Å²) in [6.07, 6.45) is -3.15. The molecule has 1 amide bonds. The summed E-state index contributed by atoms with van der Waals surface area (Å²) >= 11 is 0. The molecule has 3 aromatic carbocycles. The van der Waals surface area contributed by atoms with Crippen molar-refractivity contribution in [3.05, 3.63) is 78.1 Å². The molecule has 1 N–H and O–H groups in total. The van der Waals surface area contributed by atoms with Crippen LogP contribution in [0, 0.1) is 0 Å². The summed E-state index contributed by atoms with van der Waals surface area (Å²) in [4.78, 5) is 12.4. The van der Waals surface area contributed by atoms with Gasteiger partial charge < -0.3 is 9.73 Å². The molecule has 0 aliphatic carbocycles. The first kappa shape index (κ1) is 17.1. The maximum atomic E-state index is 13.1. The third kappa shape index (κ3) is 3.26. The van der Waals surface area contributed by atoms with Crippen molar-refractivity contribution in [3.63, 3.8) is 0 Å². The lowest BCUT2D eigenvalue weighted by molar-refractivity contribution is -0.137. The summed E-state index contributed by atoms with van der Waals surface area (Å²) in [6.45, 7) is 0. The Balaban J connectivity index is 1.66. The SMILES string of the molecule is O=C(Cc1coc2ccc3ccccc3c12)Nc1ccccc1C(F)(F)F. The molecule has 6 heteroatoms. The van der Waals surface area contributed by atoms with Gasteiger partial charge in [0.1, 0.15) is 5.58 Å². The zero-order valence-electron chi connectivity index (χ0n) is 14.0. The molecule has 0 fully saturated rings. The Kier molecular flexibility index (Phi) is 4.11. The zero-order valence-corrected chi connectivity index (χ0v) is 14.0. The van der Waals surface area contributed by atoms with Gasteiger partial charge in [0.05, 0.1) is 23.9 Å². The predicted molar refractivity (Wildman–Crippen MR) is 97.5 cm³/mol. The van der Waals surface area contributed by atoms with Gasteiger partial charge in [-0.05, 0) is 29.0 Å². The molecule has 0 aliphatic heterocycles. The number of rotatable bonds is 3. The third-order valence-corrected chi connectivity index (χ3v) is 4.40. The molecule has 1 heterocycles. The fraction of sp³-hybridized carbons (Fsp3) is 0.0952. The van der Waals surface area contributed by atoms with Crippen molar-refractivity contribution < 1.29 is 22.4 Å². The minimum atomic E-state index is -4.54. The van der Waals surface area contributed by atoms with Gasteiger partial charge >= 0.3 is 6.18 Å². The number of fused-ring (bicyclic) bond motifs is 3. The first-order valence-electron chi connectivity index (χ1n) is 8.27. The van der Waals surface area contributed by atoms with Crippen LogP contribution >= 0.6 is 0 Å². The highest BCUT2D eigenvalue weighted by Crippen LogP contribution is 2.35. The van der Waals surface area contributed by atoms with Crippen molar-refractivity contribution in [2.24, 2.45) is 0 Å². The Morgan fingerprint density at radius 2 is 1.70 bits per heavy atom. The Morgan fingerprint density at radius 1 is 0.963 bits per heavy atom. The number of anilines is 1. The zero-order chi connectivity index (χ0) is 19.0. The number of halogens is 3. The van der Waals surface area contributed by atoms with E-state index in [-0.39, 0.29) is 12.1 Å². The fourth-order valence-corrected chi connectivity index (χ4v) is 3.21. The van der Waals surface area contributed by atoms with E-state index >= 15 is 0 Å². The molecule has 136 valence electrons. The number of hydrogen-bond donors (Lipinski definition) is 1. The largest absolute Gasteiger partial charge is 0.464 e. The van der Waals surface area contributed by atoms with Gasteiger partial charge in [0, 0.05) is 10.9 Å². The number of furan rings is 1. The Bertz CT molecular complexity index is 1150. The van der Waals surface area contributed by atoms with E-state index in [4.69, 9.17) is 4.42 Å². The molecular weight excluding hydrogens is 355 g/mol. The van der Waals surface area contributed by atoms with Crippen molar-refractivity contribution in [2.45, 2.75) is 12.6 Å². The van der Waals surface area contributed by atoms with E-state index in [0.29, 0.717) is 11.1 Å². The number of amides is 1. The molecule has 27 heavy (non-hydrogen) atoms. The van der Waals surface area contributed by atoms with Crippen molar-refractivity contribution in [1.29, 1.82) is 0 Å². The molecule has 1 aromatic heterocycles. The molecular formula is C21H14F3NO2. The van der Waals surface area contributed by atoms with Gasteiger partial charge in [0.15, 0.2) is 0 Å². The molecule has 0 saturated heterocycles. The summed E-state index contributed by atoms with van der Waals surface area (Å²) in [5.41, 5.74) is 0.129.